The van der Waals surface area contributed by atoms with Gasteiger partial charge in [-0.2, -0.15) is 18.4 Å². The highest BCUT2D eigenvalue weighted by Gasteiger charge is 2.36. The number of thioether (sulfide) groups is 1. The molecule has 1 amide bonds. The number of carbonyl (C=O) groups excluding carboxylic acids is 1. The number of nitrogens with zero attached hydrogens (tertiary/aromatic N) is 3. The Labute approximate surface area is 223 Å². The average Bonchev–Trinajstić information content (AvgIpc) is 3.19. The zero-order valence-electron chi connectivity index (χ0n) is 20.2. The quantitative estimate of drug-likeness (QED) is 0.355. The van der Waals surface area contributed by atoms with E-state index in [4.69, 9.17) is 10.00 Å². The number of halogens is 6. The summed E-state index contributed by atoms with van der Waals surface area (Å²) in [7, 11) is 2.00. The van der Waals surface area contributed by atoms with Crippen LogP contribution in [-0.4, -0.2) is 48.5 Å². The SMILES string of the molecule is CN1CCC(N=C2NC(=O)C(=Cc3ccc(Oc4ccc(C#N)cc4C(F)(F)F)c(OC(F)(F)F)c3)S2)CC1. The van der Waals surface area contributed by atoms with Crippen LogP contribution in [0, 0.1) is 11.3 Å². The molecule has 1 N–H and O–H groups in total. The summed E-state index contributed by atoms with van der Waals surface area (Å²) in [5, 5.41) is 11.9. The first-order chi connectivity index (χ1) is 18.3. The van der Waals surface area contributed by atoms with E-state index in [2.05, 4.69) is 19.9 Å². The van der Waals surface area contributed by atoms with Gasteiger partial charge in [-0.3, -0.25) is 9.79 Å². The normalized spacial score (nSPS) is 19.3. The lowest BCUT2D eigenvalue weighted by Gasteiger charge is -2.26. The predicted octanol–water partition coefficient (Wildman–Crippen LogP) is 5.92. The second-order valence-electron chi connectivity index (χ2n) is 8.71. The van der Waals surface area contributed by atoms with Crippen LogP contribution in [0.15, 0.2) is 46.3 Å². The monoisotopic (exact) mass is 570 g/mol. The topological polar surface area (TPSA) is 87.0 Å². The fourth-order valence-electron chi connectivity index (χ4n) is 3.86. The van der Waals surface area contributed by atoms with E-state index in [9.17, 15) is 31.1 Å². The Balaban J connectivity index is 1.62. The summed E-state index contributed by atoms with van der Waals surface area (Å²) in [5.74, 6) is -2.88. The summed E-state index contributed by atoms with van der Waals surface area (Å²) in [6, 6.07) is 7.16. The molecule has 0 aromatic heterocycles. The molecule has 0 spiro atoms. The summed E-state index contributed by atoms with van der Waals surface area (Å²) in [6.45, 7) is 1.73. The van der Waals surface area contributed by atoms with Crippen LogP contribution in [0.1, 0.15) is 29.5 Å². The Bertz CT molecular complexity index is 1360. The standard InChI is InChI=1S/C25H20F6N4O3S/c1-35-8-6-16(7-9-35)33-23-34-22(36)21(39-23)12-14-2-5-19(20(11-14)38-25(29,30)31)37-18-4-3-15(13-32)10-17(18)24(26,27)28/h2-5,10-12,16H,6-9H2,1H3,(H,33,34,36). The first-order valence-electron chi connectivity index (χ1n) is 11.5. The molecule has 0 bridgehead atoms. The maximum Gasteiger partial charge on any atom is 0.573 e. The van der Waals surface area contributed by atoms with Gasteiger partial charge in [0.15, 0.2) is 16.7 Å². The molecule has 0 atom stereocenters. The van der Waals surface area contributed by atoms with Crippen LogP contribution in [0.25, 0.3) is 6.08 Å². The molecule has 2 heterocycles. The van der Waals surface area contributed by atoms with Gasteiger partial charge in [-0.05, 0) is 86.7 Å². The lowest BCUT2D eigenvalue weighted by atomic mass is 10.1. The van der Waals surface area contributed by atoms with Crippen molar-refractivity contribution in [1.82, 2.24) is 10.2 Å². The molecular weight excluding hydrogens is 550 g/mol. The third kappa shape index (κ3) is 7.45. The third-order valence-electron chi connectivity index (χ3n) is 5.76. The lowest BCUT2D eigenvalue weighted by Crippen LogP contribution is -2.33. The number of amidine groups is 1. The van der Waals surface area contributed by atoms with Gasteiger partial charge >= 0.3 is 12.5 Å². The number of nitriles is 1. The zero-order chi connectivity index (χ0) is 28.4. The third-order valence-corrected chi connectivity index (χ3v) is 6.69. The van der Waals surface area contributed by atoms with Crippen LogP contribution in [0.2, 0.25) is 0 Å². The molecule has 2 aliphatic rings. The molecule has 2 saturated heterocycles. The van der Waals surface area contributed by atoms with Crippen LogP contribution in [0.3, 0.4) is 0 Å². The number of rotatable bonds is 5. The molecule has 7 nitrogen and oxygen atoms in total. The highest BCUT2D eigenvalue weighted by Crippen LogP contribution is 2.42. The lowest BCUT2D eigenvalue weighted by molar-refractivity contribution is -0.275. The minimum Gasteiger partial charge on any atom is -0.453 e. The maximum absolute atomic E-state index is 13.5. The van der Waals surface area contributed by atoms with Crippen LogP contribution in [-0.2, 0) is 11.0 Å². The van der Waals surface area contributed by atoms with Crippen molar-refractivity contribution in [2.24, 2.45) is 4.99 Å². The average molecular weight is 571 g/mol. The van der Waals surface area contributed by atoms with E-state index in [1.54, 1.807) is 6.07 Å². The summed E-state index contributed by atoms with van der Waals surface area (Å²) >= 11 is 1.03. The number of piperidine rings is 1. The molecule has 0 aliphatic carbocycles. The van der Waals surface area contributed by atoms with Gasteiger partial charge < -0.3 is 19.7 Å². The predicted molar refractivity (Wildman–Crippen MR) is 131 cm³/mol. The summed E-state index contributed by atoms with van der Waals surface area (Å²) in [4.78, 5) is 19.3. The van der Waals surface area contributed by atoms with Gasteiger partial charge in [-0.25, -0.2) is 0 Å². The van der Waals surface area contributed by atoms with Crippen molar-refractivity contribution in [1.29, 1.82) is 5.26 Å². The molecule has 0 unspecified atom stereocenters. The number of likely N-dealkylation sites (tertiary alicyclic amines) is 1. The van der Waals surface area contributed by atoms with Crippen molar-refractivity contribution in [3.63, 3.8) is 0 Å². The number of hydrogen-bond donors (Lipinski definition) is 1. The summed E-state index contributed by atoms with van der Waals surface area (Å²) < 4.78 is 89.1. The first kappa shape index (κ1) is 28.3. The second-order valence-corrected chi connectivity index (χ2v) is 9.74. The summed E-state index contributed by atoms with van der Waals surface area (Å²) in [5.41, 5.74) is -1.55. The minimum absolute atomic E-state index is 0.0374. The van der Waals surface area contributed by atoms with Gasteiger partial charge in [0.05, 0.1) is 28.1 Å². The highest BCUT2D eigenvalue weighted by molar-refractivity contribution is 8.18. The largest absolute Gasteiger partial charge is 0.573 e. The van der Waals surface area contributed by atoms with E-state index >= 15 is 0 Å². The van der Waals surface area contributed by atoms with Crippen molar-refractivity contribution in [2.75, 3.05) is 20.1 Å². The Kier molecular flexibility index (Phi) is 8.12. The van der Waals surface area contributed by atoms with Gasteiger partial charge in [-0.1, -0.05) is 6.07 Å². The number of alkyl halides is 6. The first-order valence-corrected chi connectivity index (χ1v) is 12.3. The van der Waals surface area contributed by atoms with Crippen LogP contribution >= 0.6 is 11.8 Å². The van der Waals surface area contributed by atoms with E-state index in [0.717, 1.165) is 62.0 Å². The van der Waals surface area contributed by atoms with Gasteiger partial charge in [0.25, 0.3) is 5.91 Å². The number of aliphatic imine (C=N–C) groups is 1. The Hall–Kier alpha value is -3.70. The molecular formula is C25H20F6N4O3S. The minimum atomic E-state index is -5.19. The van der Waals surface area contributed by atoms with E-state index in [1.807, 2.05) is 7.05 Å². The number of hydrogen-bond acceptors (Lipinski definition) is 7. The van der Waals surface area contributed by atoms with Crippen LogP contribution in [0.4, 0.5) is 26.3 Å². The van der Waals surface area contributed by atoms with Gasteiger partial charge in [0, 0.05) is 0 Å². The number of nitrogens with one attached hydrogen (secondary N) is 1. The molecule has 39 heavy (non-hydrogen) atoms. The molecule has 0 radical (unpaired) electrons. The molecule has 2 fully saturated rings. The zero-order valence-corrected chi connectivity index (χ0v) is 21.0. The molecule has 2 aromatic rings. The molecule has 4 rings (SSSR count). The van der Waals surface area contributed by atoms with Gasteiger partial charge in [0.1, 0.15) is 5.75 Å². The molecule has 14 heteroatoms. The van der Waals surface area contributed by atoms with Crippen LogP contribution < -0.4 is 14.8 Å². The number of ether oxygens (including phenoxy) is 2. The molecule has 2 aromatic carbocycles. The second kappa shape index (κ2) is 11.2. The van der Waals surface area contributed by atoms with E-state index in [-0.39, 0.29) is 22.1 Å². The van der Waals surface area contributed by atoms with Crippen molar-refractivity contribution in [3.05, 3.63) is 58.0 Å². The number of amides is 1. The van der Waals surface area contributed by atoms with Gasteiger partial charge in [0.2, 0.25) is 0 Å². The van der Waals surface area contributed by atoms with Crippen molar-refractivity contribution in [2.45, 2.75) is 31.4 Å². The van der Waals surface area contributed by atoms with Crippen molar-refractivity contribution < 1.29 is 40.6 Å². The smallest absolute Gasteiger partial charge is 0.453 e. The van der Waals surface area contributed by atoms with E-state index in [1.165, 1.54) is 12.1 Å². The molecule has 206 valence electrons. The maximum atomic E-state index is 13.5. The fraction of sp³-hybridized carbons (Fsp3) is 0.320. The number of carbonyl (C=O) groups is 1. The number of benzene rings is 2. The molecule has 0 saturated carbocycles. The van der Waals surface area contributed by atoms with E-state index < -0.39 is 41.3 Å². The summed E-state index contributed by atoms with van der Waals surface area (Å²) in [6.07, 6.45) is -7.17. The fourth-order valence-corrected chi connectivity index (χ4v) is 4.75. The van der Waals surface area contributed by atoms with E-state index in [0.29, 0.717) is 11.2 Å². The highest BCUT2D eigenvalue weighted by atomic mass is 32.2. The molecule has 2 aliphatic heterocycles. The van der Waals surface area contributed by atoms with Gasteiger partial charge in [-0.15, -0.1) is 13.2 Å². The van der Waals surface area contributed by atoms with Crippen molar-refractivity contribution in [3.8, 4) is 23.3 Å². The van der Waals surface area contributed by atoms with Crippen molar-refractivity contribution >= 4 is 28.9 Å². The Morgan fingerprint density at radius 1 is 1.08 bits per heavy atom. The van der Waals surface area contributed by atoms with Crippen LogP contribution in [0.5, 0.6) is 17.2 Å². The Morgan fingerprint density at radius 3 is 2.41 bits per heavy atom. The Morgan fingerprint density at radius 2 is 1.77 bits per heavy atom.